The summed E-state index contributed by atoms with van der Waals surface area (Å²) in [5, 5.41) is 9.34. The van der Waals surface area contributed by atoms with Gasteiger partial charge in [0.2, 0.25) is 5.91 Å². The number of aliphatic hydroxyl groups is 1. The van der Waals surface area contributed by atoms with Crippen LogP contribution in [0.15, 0.2) is 12.7 Å². The molecule has 0 aliphatic carbocycles. The third-order valence-corrected chi connectivity index (χ3v) is 2.31. The summed E-state index contributed by atoms with van der Waals surface area (Å²) >= 11 is 0. The van der Waals surface area contributed by atoms with Crippen molar-refractivity contribution < 1.29 is 9.90 Å². The van der Waals surface area contributed by atoms with Gasteiger partial charge in [0.25, 0.3) is 0 Å². The monoisotopic (exact) mass is 183 g/mol. The van der Waals surface area contributed by atoms with E-state index < -0.39 is 0 Å². The van der Waals surface area contributed by atoms with Crippen LogP contribution in [0.5, 0.6) is 0 Å². The Morgan fingerprint density at radius 3 is 3.08 bits per heavy atom. The number of carbonyl (C=O) groups is 1. The van der Waals surface area contributed by atoms with E-state index in [2.05, 4.69) is 6.58 Å². The molecule has 1 aliphatic rings. The normalized spacial score (nSPS) is 22.8. The molecule has 0 aromatic heterocycles. The Morgan fingerprint density at radius 2 is 2.46 bits per heavy atom. The zero-order valence-corrected chi connectivity index (χ0v) is 7.91. The van der Waals surface area contributed by atoms with E-state index in [1.165, 1.54) is 0 Å². The minimum atomic E-state index is -0.318. The number of hydrogen-bond acceptors (Lipinski definition) is 2. The molecule has 0 aromatic rings. The lowest BCUT2D eigenvalue weighted by molar-refractivity contribution is -0.134. The van der Waals surface area contributed by atoms with Crippen molar-refractivity contribution in [3.8, 4) is 0 Å². The predicted molar refractivity (Wildman–Crippen MR) is 51.3 cm³/mol. The van der Waals surface area contributed by atoms with Gasteiger partial charge >= 0.3 is 0 Å². The summed E-state index contributed by atoms with van der Waals surface area (Å²) in [6.45, 7) is 4.88. The molecular formula is C10H17NO2. The molecule has 1 N–H and O–H groups in total. The van der Waals surface area contributed by atoms with Gasteiger partial charge in [0, 0.05) is 19.5 Å². The molecule has 1 unspecified atom stereocenters. The third-order valence-electron chi connectivity index (χ3n) is 2.31. The molecule has 0 aromatic carbocycles. The highest BCUT2D eigenvalue weighted by Crippen LogP contribution is 2.11. The Kier molecular flexibility index (Phi) is 3.96. The Hall–Kier alpha value is -0.830. The highest BCUT2D eigenvalue weighted by atomic mass is 16.3. The Bertz CT molecular complexity index is 191. The fourth-order valence-electron chi connectivity index (χ4n) is 1.56. The smallest absolute Gasteiger partial charge is 0.222 e. The second-order valence-electron chi connectivity index (χ2n) is 3.46. The van der Waals surface area contributed by atoms with Gasteiger partial charge in [0.1, 0.15) is 0 Å². The van der Waals surface area contributed by atoms with E-state index in [0.29, 0.717) is 13.0 Å². The van der Waals surface area contributed by atoms with Crippen molar-refractivity contribution in [2.45, 2.75) is 31.8 Å². The van der Waals surface area contributed by atoms with Crippen molar-refractivity contribution in [2.75, 3.05) is 13.1 Å². The minimum Gasteiger partial charge on any atom is -0.391 e. The van der Waals surface area contributed by atoms with Crippen LogP contribution in [0.2, 0.25) is 0 Å². The molecule has 1 rings (SSSR count). The van der Waals surface area contributed by atoms with E-state index in [9.17, 15) is 9.90 Å². The summed E-state index contributed by atoms with van der Waals surface area (Å²) in [6, 6.07) is 0. The number of nitrogens with zero attached hydrogens (tertiary/aromatic N) is 1. The van der Waals surface area contributed by atoms with Crippen LogP contribution < -0.4 is 0 Å². The van der Waals surface area contributed by atoms with Gasteiger partial charge in [0.15, 0.2) is 0 Å². The molecular weight excluding hydrogens is 166 g/mol. The van der Waals surface area contributed by atoms with Crippen LogP contribution in [0, 0.1) is 0 Å². The molecule has 1 heterocycles. The van der Waals surface area contributed by atoms with Gasteiger partial charge < -0.3 is 10.0 Å². The number of rotatable bonds is 3. The van der Waals surface area contributed by atoms with Crippen molar-refractivity contribution in [1.29, 1.82) is 0 Å². The SMILES string of the molecule is C=CCCC(=O)N1CCCC(O)C1. The van der Waals surface area contributed by atoms with Crippen LogP contribution in [-0.2, 0) is 4.79 Å². The van der Waals surface area contributed by atoms with Crippen LogP contribution >= 0.6 is 0 Å². The number of aliphatic hydroxyl groups excluding tert-OH is 1. The van der Waals surface area contributed by atoms with Crippen molar-refractivity contribution in [2.24, 2.45) is 0 Å². The summed E-state index contributed by atoms with van der Waals surface area (Å²) in [7, 11) is 0. The first-order chi connectivity index (χ1) is 6.24. The van der Waals surface area contributed by atoms with Crippen molar-refractivity contribution in [3.05, 3.63) is 12.7 Å². The van der Waals surface area contributed by atoms with Crippen LogP contribution in [-0.4, -0.2) is 35.1 Å². The highest BCUT2D eigenvalue weighted by Gasteiger charge is 2.20. The second kappa shape index (κ2) is 5.02. The first-order valence-corrected chi connectivity index (χ1v) is 4.80. The van der Waals surface area contributed by atoms with E-state index in [1.54, 1.807) is 11.0 Å². The minimum absolute atomic E-state index is 0.138. The van der Waals surface area contributed by atoms with Crippen molar-refractivity contribution in [3.63, 3.8) is 0 Å². The third kappa shape index (κ3) is 3.19. The molecule has 74 valence electrons. The summed E-state index contributed by atoms with van der Waals surface area (Å²) in [5.74, 6) is 0.138. The van der Waals surface area contributed by atoms with Gasteiger partial charge in [-0.05, 0) is 19.3 Å². The lowest BCUT2D eigenvalue weighted by atomic mass is 10.1. The summed E-state index contributed by atoms with van der Waals surface area (Å²) < 4.78 is 0. The van der Waals surface area contributed by atoms with E-state index in [4.69, 9.17) is 0 Å². The van der Waals surface area contributed by atoms with E-state index >= 15 is 0 Å². The van der Waals surface area contributed by atoms with E-state index in [0.717, 1.165) is 25.8 Å². The fraction of sp³-hybridized carbons (Fsp3) is 0.700. The van der Waals surface area contributed by atoms with E-state index in [-0.39, 0.29) is 12.0 Å². The molecule has 0 bridgehead atoms. The lowest BCUT2D eigenvalue weighted by Crippen LogP contribution is -2.41. The molecule has 1 fully saturated rings. The van der Waals surface area contributed by atoms with Crippen LogP contribution in [0.3, 0.4) is 0 Å². The molecule has 3 nitrogen and oxygen atoms in total. The zero-order valence-electron chi connectivity index (χ0n) is 7.91. The average molecular weight is 183 g/mol. The zero-order chi connectivity index (χ0) is 9.68. The van der Waals surface area contributed by atoms with Crippen LogP contribution in [0.25, 0.3) is 0 Å². The quantitative estimate of drug-likeness (QED) is 0.661. The van der Waals surface area contributed by atoms with Gasteiger partial charge in [-0.1, -0.05) is 6.08 Å². The van der Waals surface area contributed by atoms with Gasteiger partial charge in [-0.3, -0.25) is 4.79 Å². The molecule has 3 heteroatoms. The maximum atomic E-state index is 11.5. The van der Waals surface area contributed by atoms with Crippen molar-refractivity contribution >= 4 is 5.91 Å². The molecule has 0 radical (unpaired) electrons. The summed E-state index contributed by atoms with van der Waals surface area (Å²) in [5.41, 5.74) is 0. The molecule has 1 saturated heterocycles. The van der Waals surface area contributed by atoms with Crippen molar-refractivity contribution in [1.82, 2.24) is 4.90 Å². The number of allylic oxidation sites excluding steroid dienone is 1. The first kappa shape index (κ1) is 10.3. The lowest BCUT2D eigenvalue weighted by Gasteiger charge is -2.30. The number of amides is 1. The molecule has 1 amide bonds. The average Bonchev–Trinajstić information content (AvgIpc) is 2.14. The van der Waals surface area contributed by atoms with Gasteiger partial charge in [0.05, 0.1) is 6.10 Å². The van der Waals surface area contributed by atoms with Gasteiger partial charge in [-0.25, -0.2) is 0 Å². The Balaban J connectivity index is 2.32. The maximum absolute atomic E-state index is 11.5. The Labute approximate surface area is 79.0 Å². The maximum Gasteiger partial charge on any atom is 0.222 e. The fourth-order valence-corrected chi connectivity index (χ4v) is 1.56. The number of β-amino-alcohol motifs (C(OH)–C–C–N with tert-alkyl or cyclic N) is 1. The Morgan fingerprint density at radius 1 is 1.69 bits per heavy atom. The van der Waals surface area contributed by atoms with Gasteiger partial charge in [-0.15, -0.1) is 6.58 Å². The molecule has 1 aliphatic heterocycles. The van der Waals surface area contributed by atoms with Gasteiger partial charge in [-0.2, -0.15) is 0 Å². The predicted octanol–water partition coefficient (Wildman–Crippen LogP) is 0.936. The number of carbonyl (C=O) groups excluding carboxylic acids is 1. The standard InChI is InChI=1S/C10H17NO2/c1-2-3-6-10(13)11-7-4-5-9(12)8-11/h2,9,12H,1,3-8H2. The molecule has 0 saturated carbocycles. The second-order valence-corrected chi connectivity index (χ2v) is 3.46. The molecule has 1 atom stereocenters. The van der Waals surface area contributed by atoms with Crippen LogP contribution in [0.1, 0.15) is 25.7 Å². The van der Waals surface area contributed by atoms with Crippen LogP contribution in [0.4, 0.5) is 0 Å². The number of hydrogen-bond donors (Lipinski definition) is 1. The van der Waals surface area contributed by atoms with E-state index in [1.807, 2.05) is 0 Å². The largest absolute Gasteiger partial charge is 0.391 e. The molecule has 13 heavy (non-hydrogen) atoms. The topological polar surface area (TPSA) is 40.5 Å². The molecule has 0 spiro atoms. The number of likely N-dealkylation sites (tertiary alicyclic amines) is 1. The first-order valence-electron chi connectivity index (χ1n) is 4.80. The number of piperidine rings is 1. The summed E-state index contributed by atoms with van der Waals surface area (Å²) in [4.78, 5) is 13.2. The summed E-state index contributed by atoms with van der Waals surface area (Å²) in [6.07, 6.45) is 4.42. The highest BCUT2D eigenvalue weighted by molar-refractivity contribution is 5.76.